The Labute approximate surface area is 87.7 Å². The molecule has 1 rings (SSSR count). The highest BCUT2D eigenvalue weighted by Gasteiger charge is 2.09. The van der Waals surface area contributed by atoms with Crippen LogP contribution in [-0.4, -0.2) is 20.4 Å². The van der Waals surface area contributed by atoms with E-state index < -0.39 is 16.0 Å². The molecule has 5 heteroatoms. The molecule has 78 valence electrons. The lowest BCUT2D eigenvalue weighted by Gasteiger charge is -2.04. The summed E-state index contributed by atoms with van der Waals surface area (Å²) in [6.45, 7) is 0. The Balaban J connectivity index is 2.76. The van der Waals surface area contributed by atoms with Gasteiger partial charge in [-0.1, -0.05) is 18.2 Å². The van der Waals surface area contributed by atoms with Crippen molar-refractivity contribution in [1.29, 1.82) is 0 Å². The van der Waals surface area contributed by atoms with Gasteiger partial charge in [0.15, 0.2) is 0 Å². The van der Waals surface area contributed by atoms with E-state index in [2.05, 4.69) is 0 Å². The minimum Gasteiger partial charge on any atom is -0.195 e. The number of hydrogen-bond donors (Lipinski definition) is 0. The highest BCUT2D eigenvalue weighted by atomic mass is 32.3. The number of aryl methyl sites for hydroxylation is 1. The lowest BCUT2D eigenvalue weighted by atomic mass is 10.2. The van der Waals surface area contributed by atoms with Crippen LogP contribution in [0.4, 0.5) is 3.89 Å². The van der Waals surface area contributed by atoms with Crippen LogP contribution in [0.15, 0.2) is 29.2 Å². The Morgan fingerprint density at radius 2 is 2.00 bits per heavy atom. The van der Waals surface area contributed by atoms with Crippen molar-refractivity contribution in [3.05, 3.63) is 29.8 Å². The normalized spacial score (nSPS) is 11.6. The number of halogens is 1. The van der Waals surface area contributed by atoms with Crippen molar-refractivity contribution in [2.75, 3.05) is 12.0 Å². The fourth-order valence-electron chi connectivity index (χ4n) is 1.14. The molecule has 1 aromatic carbocycles. The molecular weight excluding hydrogens is 223 g/mol. The Bertz CT molecular complexity index is 401. The van der Waals surface area contributed by atoms with Crippen LogP contribution in [0.2, 0.25) is 0 Å². The number of thioether (sulfide) groups is 1. The lowest BCUT2D eigenvalue weighted by molar-refractivity contribution is 0.551. The van der Waals surface area contributed by atoms with Gasteiger partial charge in [0.2, 0.25) is 0 Å². The van der Waals surface area contributed by atoms with Crippen molar-refractivity contribution in [3.63, 3.8) is 0 Å². The summed E-state index contributed by atoms with van der Waals surface area (Å²) in [5.41, 5.74) is 0.876. The number of benzene rings is 1. The van der Waals surface area contributed by atoms with Gasteiger partial charge < -0.3 is 0 Å². The third-order valence-corrected chi connectivity index (χ3v) is 3.34. The first-order valence-corrected chi connectivity index (χ1v) is 6.85. The Morgan fingerprint density at radius 3 is 2.57 bits per heavy atom. The van der Waals surface area contributed by atoms with Gasteiger partial charge in [-0.25, -0.2) is 0 Å². The average Bonchev–Trinajstić information content (AvgIpc) is 2.14. The SMILES string of the molecule is CSc1ccccc1CCS(=O)(=O)F. The molecule has 0 saturated carbocycles. The second-order valence-corrected chi connectivity index (χ2v) is 5.14. The van der Waals surface area contributed by atoms with E-state index in [1.165, 1.54) is 11.8 Å². The molecule has 2 nitrogen and oxygen atoms in total. The van der Waals surface area contributed by atoms with E-state index in [0.717, 1.165) is 10.5 Å². The Hall–Kier alpha value is -0.550. The van der Waals surface area contributed by atoms with Gasteiger partial charge in [-0.3, -0.25) is 0 Å². The molecule has 1 aromatic rings. The lowest BCUT2D eigenvalue weighted by Crippen LogP contribution is -2.02. The monoisotopic (exact) mass is 234 g/mol. The topological polar surface area (TPSA) is 34.1 Å². The summed E-state index contributed by atoms with van der Waals surface area (Å²) in [4.78, 5) is 0.996. The maximum atomic E-state index is 12.3. The fraction of sp³-hybridized carbons (Fsp3) is 0.333. The summed E-state index contributed by atoms with van der Waals surface area (Å²) in [5, 5.41) is 0. The summed E-state index contributed by atoms with van der Waals surface area (Å²) in [6, 6.07) is 7.40. The molecule has 0 radical (unpaired) electrons. The van der Waals surface area contributed by atoms with Gasteiger partial charge in [-0.2, -0.15) is 8.42 Å². The largest absolute Gasteiger partial charge is 0.302 e. The second-order valence-electron chi connectivity index (χ2n) is 2.80. The van der Waals surface area contributed by atoms with Crippen LogP contribution in [0.25, 0.3) is 0 Å². The molecule has 0 aliphatic rings. The van der Waals surface area contributed by atoms with E-state index in [-0.39, 0.29) is 6.42 Å². The first-order valence-electron chi connectivity index (χ1n) is 4.07. The zero-order valence-corrected chi connectivity index (χ0v) is 9.37. The predicted molar refractivity (Wildman–Crippen MR) is 56.8 cm³/mol. The summed E-state index contributed by atoms with van der Waals surface area (Å²) < 4.78 is 32.9. The first-order chi connectivity index (χ1) is 6.53. The van der Waals surface area contributed by atoms with Crippen molar-refractivity contribution in [2.24, 2.45) is 0 Å². The molecule has 0 spiro atoms. The van der Waals surface area contributed by atoms with Crippen LogP contribution in [-0.2, 0) is 16.6 Å². The predicted octanol–water partition coefficient (Wildman–Crippen LogP) is 2.25. The smallest absolute Gasteiger partial charge is 0.195 e. The molecule has 0 aliphatic heterocycles. The third kappa shape index (κ3) is 3.67. The molecule has 0 amide bonds. The summed E-state index contributed by atoms with van der Waals surface area (Å²) >= 11 is 1.53. The quantitative estimate of drug-likeness (QED) is 0.592. The van der Waals surface area contributed by atoms with E-state index in [1.807, 2.05) is 30.5 Å². The minimum absolute atomic E-state index is 0.232. The molecule has 0 fully saturated rings. The zero-order chi connectivity index (χ0) is 10.6. The summed E-state index contributed by atoms with van der Waals surface area (Å²) in [6.07, 6.45) is 2.14. The van der Waals surface area contributed by atoms with Gasteiger partial charge in [0.05, 0.1) is 5.75 Å². The summed E-state index contributed by atoms with van der Waals surface area (Å²) in [7, 11) is -4.36. The van der Waals surface area contributed by atoms with Crippen LogP contribution in [0.1, 0.15) is 5.56 Å². The van der Waals surface area contributed by atoms with Crippen LogP contribution in [0, 0.1) is 0 Å². The number of rotatable bonds is 4. The van der Waals surface area contributed by atoms with Gasteiger partial charge in [0.1, 0.15) is 0 Å². The molecule has 0 aromatic heterocycles. The Morgan fingerprint density at radius 1 is 1.36 bits per heavy atom. The van der Waals surface area contributed by atoms with E-state index >= 15 is 0 Å². The third-order valence-electron chi connectivity index (χ3n) is 1.81. The van der Waals surface area contributed by atoms with Crippen molar-refractivity contribution in [2.45, 2.75) is 11.3 Å². The molecule has 14 heavy (non-hydrogen) atoms. The molecule has 0 unspecified atom stereocenters. The maximum absolute atomic E-state index is 12.3. The van der Waals surface area contributed by atoms with Crippen molar-refractivity contribution in [1.82, 2.24) is 0 Å². The fourth-order valence-corrected chi connectivity index (χ4v) is 2.25. The average molecular weight is 234 g/mol. The first kappa shape index (κ1) is 11.5. The minimum atomic E-state index is -4.36. The van der Waals surface area contributed by atoms with E-state index in [4.69, 9.17) is 0 Å². The summed E-state index contributed by atoms with van der Waals surface area (Å²) in [5.74, 6) is -0.440. The molecule has 0 N–H and O–H groups in total. The van der Waals surface area contributed by atoms with Gasteiger partial charge >= 0.3 is 10.2 Å². The van der Waals surface area contributed by atoms with Crippen molar-refractivity contribution < 1.29 is 12.3 Å². The van der Waals surface area contributed by atoms with Crippen LogP contribution in [0.5, 0.6) is 0 Å². The van der Waals surface area contributed by atoms with E-state index in [0.29, 0.717) is 0 Å². The Kier molecular flexibility index (Phi) is 3.95. The van der Waals surface area contributed by atoms with Gasteiger partial charge in [0, 0.05) is 4.90 Å². The molecule has 0 atom stereocenters. The van der Waals surface area contributed by atoms with Gasteiger partial charge in [-0.15, -0.1) is 15.6 Å². The van der Waals surface area contributed by atoms with Gasteiger partial charge in [0.25, 0.3) is 0 Å². The molecule has 0 heterocycles. The van der Waals surface area contributed by atoms with Crippen LogP contribution < -0.4 is 0 Å². The number of hydrogen-bond acceptors (Lipinski definition) is 3. The molecule has 0 aliphatic carbocycles. The molecular formula is C9H11FO2S2. The zero-order valence-electron chi connectivity index (χ0n) is 7.73. The second kappa shape index (κ2) is 4.79. The van der Waals surface area contributed by atoms with E-state index in [9.17, 15) is 12.3 Å². The van der Waals surface area contributed by atoms with Crippen LogP contribution >= 0.6 is 11.8 Å². The highest BCUT2D eigenvalue weighted by Crippen LogP contribution is 2.20. The standard InChI is InChI=1S/C9H11FO2S2/c1-13-9-5-3-2-4-8(9)6-7-14(10,11)12/h2-5H,6-7H2,1H3. The maximum Gasteiger partial charge on any atom is 0.302 e. The van der Waals surface area contributed by atoms with Crippen LogP contribution in [0.3, 0.4) is 0 Å². The highest BCUT2D eigenvalue weighted by molar-refractivity contribution is 7.98. The molecule has 0 bridgehead atoms. The molecule has 0 saturated heterocycles. The van der Waals surface area contributed by atoms with E-state index in [1.54, 1.807) is 0 Å². The van der Waals surface area contributed by atoms with Gasteiger partial charge in [-0.05, 0) is 24.3 Å². The van der Waals surface area contributed by atoms with Crippen molar-refractivity contribution >= 4 is 22.0 Å². The van der Waals surface area contributed by atoms with Crippen molar-refractivity contribution in [3.8, 4) is 0 Å².